The number of benzene rings is 1. The summed E-state index contributed by atoms with van der Waals surface area (Å²) in [5, 5.41) is 0.335. The van der Waals surface area contributed by atoms with Crippen molar-refractivity contribution >= 4 is 64.8 Å². The molecule has 1 heterocycles. The van der Waals surface area contributed by atoms with E-state index in [4.69, 9.17) is 11.6 Å². The van der Waals surface area contributed by atoms with Crippen molar-refractivity contribution in [2.24, 2.45) is 0 Å². The van der Waals surface area contributed by atoms with Crippen molar-refractivity contribution < 1.29 is 12.8 Å². The number of sulfonamides is 1. The molecule has 0 amide bonds. The van der Waals surface area contributed by atoms with E-state index in [1.165, 1.54) is 24.3 Å². The van der Waals surface area contributed by atoms with Gasteiger partial charge in [-0.05, 0) is 45.8 Å². The fourth-order valence-corrected chi connectivity index (χ4v) is 5.22. The minimum atomic E-state index is -3.68. The van der Waals surface area contributed by atoms with Crippen LogP contribution in [0.1, 0.15) is 5.56 Å². The van der Waals surface area contributed by atoms with Gasteiger partial charge in [-0.3, -0.25) is 0 Å². The van der Waals surface area contributed by atoms with Gasteiger partial charge in [-0.25, -0.2) is 17.5 Å². The smallest absolute Gasteiger partial charge is 0.207 e. The van der Waals surface area contributed by atoms with E-state index in [1.54, 1.807) is 0 Å². The third-order valence-corrected chi connectivity index (χ3v) is 7.47. The lowest BCUT2D eigenvalue weighted by atomic mass is 10.2. The van der Waals surface area contributed by atoms with Crippen LogP contribution in [0.2, 0.25) is 5.02 Å². The minimum absolute atomic E-state index is 0.0200. The average molecular weight is 464 g/mol. The number of rotatable bonds is 4. The highest BCUT2D eigenvalue weighted by molar-refractivity contribution is 9.11. The molecule has 0 aliphatic heterocycles. The van der Waals surface area contributed by atoms with Crippen molar-refractivity contribution in [3.05, 3.63) is 48.9 Å². The highest BCUT2D eigenvalue weighted by Crippen LogP contribution is 2.34. The van der Waals surface area contributed by atoms with Crippen LogP contribution in [0.25, 0.3) is 0 Å². The molecule has 1 N–H and O–H groups in total. The normalized spacial score (nSPS) is 11.8. The van der Waals surface area contributed by atoms with Crippen LogP contribution in [0, 0.1) is 5.82 Å². The molecular weight excluding hydrogens is 457 g/mol. The van der Waals surface area contributed by atoms with E-state index in [1.807, 2.05) is 0 Å². The minimum Gasteiger partial charge on any atom is -0.207 e. The Kier molecular flexibility index (Phi) is 5.25. The third kappa shape index (κ3) is 3.80. The highest BCUT2D eigenvalue weighted by Gasteiger charge is 2.19. The molecule has 0 radical (unpaired) electrons. The molecule has 9 heteroatoms. The lowest BCUT2D eigenvalue weighted by molar-refractivity contribution is 0.582. The molecule has 0 spiro atoms. The largest absolute Gasteiger partial charge is 0.250 e. The highest BCUT2D eigenvalue weighted by atomic mass is 79.9. The van der Waals surface area contributed by atoms with Gasteiger partial charge < -0.3 is 0 Å². The first-order chi connectivity index (χ1) is 9.29. The standard InChI is InChI=1S/C11H7Br2ClFNO2S2/c12-8-2-1-7(15)3-6(8)5-16-20(17,18)10-4-9(14)11(13)19-10/h1-4,16H,5H2. The molecule has 1 aromatic carbocycles. The summed E-state index contributed by atoms with van der Waals surface area (Å²) in [4.78, 5) is 0. The van der Waals surface area contributed by atoms with E-state index in [0.29, 0.717) is 18.8 Å². The first-order valence-corrected chi connectivity index (χ1v) is 9.44. The van der Waals surface area contributed by atoms with Crippen LogP contribution < -0.4 is 4.72 Å². The average Bonchev–Trinajstić information content (AvgIpc) is 2.72. The van der Waals surface area contributed by atoms with Crippen molar-refractivity contribution in [2.75, 3.05) is 0 Å². The van der Waals surface area contributed by atoms with E-state index in [2.05, 4.69) is 36.6 Å². The molecule has 1 aromatic heterocycles. The number of hydrogen-bond acceptors (Lipinski definition) is 3. The first kappa shape index (κ1) is 16.4. The molecule has 0 unspecified atom stereocenters. The summed E-state index contributed by atoms with van der Waals surface area (Å²) in [7, 11) is -3.68. The second-order valence-corrected chi connectivity index (χ2v) is 9.37. The van der Waals surface area contributed by atoms with Crippen LogP contribution in [-0.4, -0.2) is 8.42 Å². The van der Waals surface area contributed by atoms with E-state index in [9.17, 15) is 12.8 Å². The Balaban J connectivity index is 2.19. The molecule has 0 atom stereocenters. The van der Waals surface area contributed by atoms with Gasteiger partial charge in [-0.15, -0.1) is 11.3 Å². The maximum absolute atomic E-state index is 13.1. The summed E-state index contributed by atoms with van der Waals surface area (Å²) in [5.74, 6) is -0.427. The Bertz CT molecular complexity index is 729. The predicted octanol–water partition coefficient (Wildman–Crippen LogP) is 4.54. The van der Waals surface area contributed by atoms with E-state index in [0.717, 1.165) is 11.3 Å². The molecule has 0 saturated carbocycles. The zero-order valence-corrected chi connectivity index (χ0v) is 15.2. The summed E-state index contributed by atoms with van der Waals surface area (Å²) in [6, 6.07) is 5.44. The maximum atomic E-state index is 13.1. The Morgan fingerprint density at radius 3 is 2.60 bits per heavy atom. The van der Waals surface area contributed by atoms with Gasteiger partial charge in [0, 0.05) is 11.0 Å². The van der Waals surface area contributed by atoms with Gasteiger partial charge in [-0.1, -0.05) is 27.5 Å². The van der Waals surface area contributed by atoms with Crippen molar-refractivity contribution in [1.82, 2.24) is 4.72 Å². The van der Waals surface area contributed by atoms with Gasteiger partial charge in [0.1, 0.15) is 10.0 Å². The molecule has 0 bridgehead atoms. The third-order valence-electron chi connectivity index (χ3n) is 2.35. The molecule has 2 rings (SSSR count). The monoisotopic (exact) mass is 461 g/mol. The topological polar surface area (TPSA) is 46.2 Å². The molecule has 20 heavy (non-hydrogen) atoms. The van der Waals surface area contributed by atoms with Gasteiger partial charge in [-0.2, -0.15) is 0 Å². The van der Waals surface area contributed by atoms with Gasteiger partial charge in [0.15, 0.2) is 0 Å². The van der Waals surface area contributed by atoms with Crippen LogP contribution in [0.4, 0.5) is 4.39 Å². The fraction of sp³-hybridized carbons (Fsp3) is 0.0909. The Morgan fingerprint density at radius 2 is 2.00 bits per heavy atom. The molecule has 108 valence electrons. The second kappa shape index (κ2) is 6.41. The van der Waals surface area contributed by atoms with Gasteiger partial charge in [0.2, 0.25) is 10.0 Å². The van der Waals surface area contributed by atoms with Crippen LogP contribution in [0.5, 0.6) is 0 Å². The Hall–Kier alpha value is 0.01000. The van der Waals surface area contributed by atoms with Crippen molar-refractivity contribution in [3.63, 3.8) is 0 Å². The SMILES string of the molecule is O=S(=O)(NCc1cc(F)ccc1Br)c1cc(Cl)c(Br)s1. The quantitative estimate of drug-likeness (QED) is 0.724. The summed E-state index contributed by atoms with van der Waals surface area (Å²) in [6.07, 6.45) is 0. The Morgan fingerprint density at radius 1 is 1.30 bits per heavy atom. The molecule has 0 aliphatic carbocycles. The predicted molar refractivity (Wildman–Crippen MR) is 85.2 cm³/mol. The zero-order chi connectivity index (χ0) is 14.9. The molecule has 2 aromatic rings. The lowest BCUT2D eigenvalue weighted by Crippen LogP contribution is -2.22. The van der Waals surface area contributed by atoms with Gasteiger partial charge in [0.05, 0.1) is 8.81 Å². The molecule has 0 fully saturated rings. The van der Waals surface area contributed by atoms with E-state index in [-0.39, 0.29) is 10.8 Å². The van der Waals surface area contributed by atoms with Crippen molar-refractivity contribution in [3.8, 4) is 0 Å². The fourth-order valence-electron chi connectivity index (χ4n) is 1.38. The summed E-state index contributed by atoms with van der Waals surface area (Å²) >= 11 is 13.2. The number of thiophene rings is 1. The summed E-state index contributed by atoms with van der Waals surface area (Å²) in [5.41, 5.74) is 0.510. The van der Waals surface area contributed by atoms with Crippen molar-refractivity contribution in [2.45, 2.75) is 10.8 Å². The maximum Gasteiger partial charge on any atom is 0.250 e. The number of hydrogen-bond donors (Lipinski definition) is 1. The van der Waals surface area contributed by atoms with Crippen LogP contribution >= 0.6 is 54.8 Å². The lowest BCUT2D eigenvalue weighted by Gasteiger charge is -2.07. The number of nitrogens with one attached hydrogen (secondary N) is 1. The second-order valence-electron chi connectivity index (χ2n) is 3.75. The summed E-state index contributed by atoms with van der Waals surface area (Å²) < 4.78 is 41.0. The zero-order valence-electron chi connectivity index (χ0n) is 9.66. The Labute approximate surface area is 141 Å². The van der Waals surface area contributed by atoms with Gasteiger partial charge in [0.25, 0.3) is 0 Å². The molecule has 0 aliphatic rings. The van der Waals surface area contributed by atoms with Crippen LogP contribution in [0.3, 0.4) is 0 Å². The summed E-state index contributed by atoms with van der Waals surface area (Å²) in [6.45, 7) is -0.0200. The van der Waals surface area contributed by atoms with Crippen LogP contribution in [0.15, 0.2) is 36.7 Å². The molecular formula is C11H7Br2ClFNO2S2. The first-order valence-electron chi connectivity index (χ1n) is 5.18. The van der Waals surface area contributed by atoms with E-state index >= 15 is 0 Å². The van der Waals surface area contributed by atoms with Gasteiger partial charge >= 0.3 is 0 Å². The molecule has 3 nitrogen and oxygen atoms in total. The number of halogens is 4. The molecule has 0 saturated heterocycles. The van der Waals surface area contributed by atoms with E-state index < -0.39 is 15.8 Å². The van der Waals surface area contributed by atoms with Crippen LogP contribution in [-0.2, 0) is 16.6 Å². The van der Waals surface area contributed by atoms with Crippen molar-refractivity contribution in [1.29, 1.82) is 0 Å².